The first-order valence-corrected chi connectivity index (χ1v) is 9.51. The van der Waals surface area contributed by atoms with Gasteiger partial charge in [-0.15, -0.1) is 10.2 Å². The molecule has 0 aliphatic carbocycles. The number of aromatic nitrogens is 3. The lowest BCUT2D eigenvalue weighted by Gasteiger charge is -2.05. The highest BCUT2D eigenvalue weighted by atomic mass is 35.5. The summed E-state index contributed by atoms with van der Waals surface area (Å²) in [6.45, 7) is 1.79. The average molecular weight is 425 g/mol. The summed E-state index contributed by atoms with van der Waals surface area (Å²) in [4.78, 5) is 0. The van der Waals surface area contributed by atoms with Gasteiger partial charge in [0.25, 0.3) is 5.95 Å². The van der Waals surface area contributed by atoms with E-state index in [1.165, 1.54) is 28.6 Å². The SMILES string of the molecule is C/C(=N\Nc1nnc(SCc2ccc(Cl)c(Cl)c2)n1N)c1ccc(F)cc1. The second-order valence-corrected chi connectivity index (χ2v) is 7.29. The molecule has 6 nitrogen and oxygen atoms in total. The molecular formula is C17H15Cl2FN6S. The highest BCUT2D eigenvalue weighted by molar-refractivity contribution is 7.98. The van der Waals surface area contributed by atoms with Gasteiger partial charge in [0.1, 0.15) is 5.82 Å². The Morgan fingerprint density at radius 2 is 1.93 bits per heavy atom. The molecular weight excluding hydrogens is 410 g/mol. The van der Waals surface area contributed by atoms with Crippen LogP contribution >= 0.6 is 35.0 Å². The van der Waals surface area contributed by atoms with Crippen LogP contribution < -0.4 is 11.3 Å². The van der Waals surface area contributed by atoms with Gasteiger partial charge in [-0.3, -0.25) is 0 Å². The number of nitrogens with zero attached hydrogens (tertiary/aromatic N) is 4. The van der Waals surface area contributed by atoms with Gasteiger partial charge in [0, 0.05) is 5.75 Å². The molecule has 0 aliphatic rings. The van der Waals surface area contributed by atoms with Crippen molar-refractivity contribution in [2.45, 2.75) is 17.8 Å². The topological polar surface area (TPSA) is 81.1 Å². The fraction of sp³-hybridized carbons (Fsp3) is 0.118. The van der Waals surface area contributed by atoms with Gasteiger partial charge in [0.2, 0.25) is 5.16 Å². The van der Waals surface area contributed by atoms with Gasteiger partial charge in [0.05, 0.1) is 15.8 Å². The van der Waals surface area contributed by atoms with Crippen LogP contribution in [0.1, 0.15) is 18.1 Å². The molecule has 0 radical (unpaired) electrons. The normalized spacial score (nSPS) is 11.6. The molecule has 1 aromatic heterocycles. The molecule has 3 aromatic rings. The lowest BCUT2D eigenvalue weighted by atomic mass is 10.1. The van der Waals surface area contributed by atoms with E-state index < -0.39 is 0 Å². The van der Waals surface area contributed by atoms with Gasteiger partial charge in [-0.2, -0.15) is 5.10 Å². The van der Waals surface area contributed by atoms with Crippen LogP contribution in [-0.2, 0) is 5.75 Å². The van der Waals surface area contributed by atoms with Gasteiger partial charge < -0.3 is 5.84 Å². The minimum absolute atomic E-state index is 0.285. The van der Waals surface area contributed by atoms with E-state index in [-0.39, 0.29) is 11.8 Å². The van der Waals surface area contributed by atoms with Gasteiger partial charge >= 0.3 is 0 Å². The number of rotatable bonds is 6. The number of nitrogen functional groups attached to an aromatic ring is 1. The molecule has 0 atom stereocenters. The number of benzene rings is 2. The van der Waals surface area contributed by atoms with Crippen molar-refractivity contribution in [3.05, 3.63) is 69.5 Å². The van der Waals surface area contributed by atoms with Crippen molar-refractivity contribution in [3.8, 4) is 0 Å². The molecule has 0 amide bonds. The third kappa shape index (κ3) is 4.91. The molecule has 3 N–H and O–H groups in total. The second kappa shape index (κ2) is 8.60. The largest absolute Gasteiger partial charge is 0.334 e. The van der Waals surface area contributed by atoms with E-state index in [0.29, 0.717) is 26.7 Å². The zero-order chi connectivity index (χ0) is 19.4. The van der Waals surface area contributed by atoms with E-state index in [1.807, 2.05) is 6.07 Å². The van der Waals surface area contributed by atoms with Crippen LogP contribution in [0, 0.1) is 5.82 Å². The average Bonchev–Trinajstić information content (AvgIpc) is 3.01. The summed E-state index contributed by atoms with van der Waals surface area (Å²) < 4.78 is 14.3. The minimum atomic E-state index is -0.301. The lowest BCUT2D eigenvalue weighted by molar-refractivity contribution is 0.628. The Morgan fingerprint density at radius 1 is 1.19 bits per heavy atom. The Balaban J connectivity index is 1.65. The van der Waals surface area contributed by atoms with Crippen LogP contribution in [0.25, 0.3) is 0 Å². The summed E-state index contributed by atoms with van der Waals surface area (Å²) >= 11 is 13.3. The molecule has 27 heavy (non-hydrogen) atoms. The fourth-order valence-corrected chi connectivity index (χ4v) is 3.24. The van der Waals surface area contributed by atoms with Crippen LogP contribution in [-0.4, -0.2) is 20.6 Å². The van der Waals surface area contributed by atoms with Crippen LogP contribution in [0.4, 0.5) is 10.3 Å². The van der Waals surface area contributed by atoms with Gasteiger partial charge in [0.15, 0.2) is 0 Å². The number of anilines is 1. The number of nitrogens with two attached hydrogens (primary N) is 1. The fourth-order valence-electron chi connectivity index (χ4n) is 2.12. The van der Waals surface area contributed by atoms with Crippen LogP contribution in [0.5, 0.6) is 0 Å². The summed E-state index contributed by atoms with van der Waals surface area (Å²) in [5.41, 5.74) is 5.19. The van der Waals surface area contributed by atoms with Crippen LogP contribution in [0.3, 0.4) is 0 Å². The summed E-state index contributed by atoms with van der Waals surface area (Å²) in [7, 11) is 0. The molecule has 10 heteroatoms. The van der Waals surface area contributed by atoms with Crippen LogP contribution in [0.2, 0.25) is 10.0 Å². The predicted molar refractivity (Wildman–Crippen MR) is 108 cm³/mol. The first-order valence-electron chi connectivity index (χ1n) is 7.77. The molecule has 0 spiro atoms. The van der Waals surface area contributed by atoms with Crippen molar-refractivity contribution in [2.75, 3.05) is 11.3 Å². The number of hydrazone groups is 1. The maximum atomic E-state index is 13.0. The van der Waals surface area contributed by atoms with Gasteiger partial charge in [-0.05, 0) is 42.3 Å². The summed E-state index contributed by atoms with van der Waals surface area (Å²) in [5.74, 6) is 6.59. The Morgan fingerprint density at radius 3 is 2.63 bits per heavy atom. The lowest BCUT2D eigenvalue weighted by Crippen LogP contribution is -2.13. The monoisotopic (exact) mass is 424 g/mol. The first-order chi connectivity index (χ1) is 12.9. The third-order valence-corrected chi connectivity index (χ3v) is 5.36. The quantitative estimate of drug-likeness (QED) is 0.262. The molecule has 0 unspecified atom stereocenters. The summed E-state index contributed by atoms with van der Waals surface area (Å²) in [6, 6.07) is 11.4. The van der Waals surface area contributed by atoms with E-state index in [2.05, 4.69) is 20.7 Å². The number of halogens is 3. The molecule has 0 fully saturated rings. The second-order valence-electron chi connectivity index (χ2n) is 5.53. The smallest absolute Gasteiger partial charge is 0.264 e. The highest BCUT2D eigenvalue weighted by Crippen LogP contribution is 2.27. The molecule has 0 saturated heterocycles. The minimum Gasteiger partial charge on any atom is -0.334 e. The van der Waals surface area contributed by atoms with E-state index in [4.69, 9.17) is 29.0 Å². The first kappa shape index (κ1) is 19.5. The number of hydrogen-bond donors (Lipinski definition) is 2. The van der Waals surface area contributed by atoms with E-state index in [9.17, 15) is 4.39 Å². The maximum absolute atomic E-state index is 13.0. The Kier molecular flexibility index (Phi) is 6.20. The maximum Gasteiger partial charge on any atom is 0.264 e. The highest BCUT2D eigenvalue weighted by Gasteiger charge is 2.11. The van der Waals surface area contributed by atoms with Gasteiger partial charge in [-0.25, -0.2) is 14.5 Å². The van der Waals surface area contributed by atoms with E-state index >= 15 is 0 Å². The number of nitrogens with one attached hydrogen (secondary N) is 1. The molecule has 0 aliphatic heterocycles. The van der Waals surface area contributed by atoms with Crippen molar-refractivity contribution in [1.29, 1.82) is 0 Å². The van der Waals surface area contributed by atoms with E-state index in [1.54, 1.807) is 31.2 Å². The zero-order valence-electron chi connectivity index (χ0n) is 14.2. The van der Waals surface area contributed by atoms with Crippen molar-refractivity contribution in [1.82, 2.24) is 14.9 Å². The van der Waals surface area contributed by atoms with Crippen LogP contribution in [0.15, 0.2) is 52.7 Å². The van der Waals surface area contributed by atoms with Crippen molar-refractivity contribution in [3.63, 3.8) is 0 Å². The van der Waals surface area contributed by atoms with Gasteiger partial charge in [-0.1, -0.05) is 53.2 Å². The predicted octanol–water partition coefficient (Wildman–Crippen LogP) is 4.57. The molecule has 0 saturated carbocycles. The van der Waals surface area contributed by atoms with Crippen molar-refractivity contribution in [2.24, 2.45) is 5.10 Å². The Labute approximate surface area is 169 Å². The van der Waals surface area contributed by atoms with E-state index in [0.717, 1.165) is 11.1 Å². The number of thioether (sulfide) groups is 1. The third-order valence-electron chi connectivity index (χ3n) is 3.60. The summed E-state index contributed by atoms with van der Waals surface area (Å²) in [6.07, 6.45) is 0. The molecule has 1 heterocycles. The Bertz CT molecular complexity index is 974. The molecule has 2 aromatic carbocycles. The zero-order valence-corrected chi connectivity index (χ0v) is 16.5. The van der Waals surface area contributed by atoms with Crippen molar-refractivity contribution >= 4 is 46.6 Å². The Hall–Kier alpha value is -2.29. The molecule has 0 bridgehead atoms. The molecule has 3 rings (SSSR count). The molecule has 140 valence electrons. The standard InChI is InChI=1S/C17H15Cl2FN6S/c1-10(12-3-5-13(20)6-4-12)22-23-16-24-25-17(26(16)21)27-9-11-2-7-14(18)15(19)8-11/h2-8H,9,21H2,1H3,(H,23,24)/b22-10+. The summed E-state index contributed by atoms with van der Waals surface area (Å²) in [5, 5.41) is 13.7. The number of hydrogen-bond acceptors (Lipinski definition) is 6. The van der Waals surface area contributed by atoms with Crippen molar-refractivity contribution < 1.29 is 4.39 Å².